The van der Waals surface area contributed by atoms with Crippen LogP contribution in [0.3, 0.4) is 0 Å². The molecule has 1 rings (SSSR count). The van der Waals surface area contributed by atoms with Gasteiger partial charge in [0.05, 0.1) is 31.8 Å². The maximum atomic E-state index is 12.2. The number of ether oxygens (including phenoxy) is 1. The van der Waals surface area contributed by atoms with Gasteiger partial charge in [-0.25, -0.2) is 0 Å². The zero-order valence-electron chi connectivity index (χ0n) is 11.0. The van der Waals surface area contributed by atoms with Gasteiger partial charge >= 0.3 is 0 Å². The number of likely N-dealkylation sites (N-methyl/N-ethyl adjacent to an activating group) is 1. The van der Waals surface area contributed by atoms with Gasteiger partial charge in [-0.15, -0.1) is 0 Å². The van der Waals surface area contributed by atoms with Gasteiger partial charge in [0.1, 0.15) is 0 Å². The summed E-state index contributed by atoms with van der Waals surface area (Å²) < 4.78 is 5.38. The van der Waals surface area contributed by atoms with E-state index >= 15 is 0 Å². The van der Waals surface area contributed by atoms with Crippen LogP contribution < -0.4 is 5.32 Å². The molecule has 17 heavy (non-hydrogen) atoms. The highest BCUT2D eigenvalue weighted by molar-refractivity contribution is 5.80. The van der Waals surface area contributed by atoms with Crippen molar-refractivity contribution in [1.29, 1.82) is 0 Å². The predicted molar refractivity (Wildman–Crippen MR) is 65.7 cm³/mol. The van der Waals surface area contributed by atoms with Gasteiger partial charge in [-0.2, -0.15) is 0 Å². The molecule has 0 aromatic rings. The molecule has 5 nitrogen and oxygen atoms in total. The van der Waals surface area contributed by atoms with Gasteiger partial charge in [0, 0.05) is 13.1 Å². The Balaban J connectivity index is 2.54. The van der Waals surface area contributed by atoms with E-state index in [2.05, 4.69) is 12.2 Å². The van der Waals surface area contributed by atoms with Crippen molar-refractivity contribution >= 4 is 5.91 Å². The quantitative estimate of drug-likeness (QED) is 0.681. The van der Waals surface area contributed by atoms with Crippen molar-refractivity contribution in [3.63, 3.8) is 0 Å². The van der Waals surface area contributed by atoms with Crippen LogP contribution in [0.2, 0.25) is 0 Å². The van der Waals surface area contributed by atoms with Crippen LogP contribution >= 0.6 is 0 Å². The molecule has 0 radical (unpaired) electrons. The van der Waals surface area contributed by atoms with Gasteiger partial charge in [0.15, 0.2) is 0 Å². The summed E-state index contributed by atoms with van der Waals surface area (Å²) in [7, 11) is 1.73. The Kier molecular flexibility index (Phi) is 5.88. The van der Waals surface area contributed by atoms with Crippen molar-refractivity contribution in [1.82, 2.24) is 10.2 Å². The molecular weight excluding hydrogens is 220 g/mol. The van der Waals surface area contributed by atoms with E-state index in [-0.39, 0.29) is 30.5 Å². The Labute approximate surface area is 103 Å². The fourth-order valence-electron chi connectivity index (χ4n) is 1.93. The van der Waals surface area contributed by atoms with Crippen LogP contribution in [0.5, 0.6) is 0 Å². The third-order valence-corrected chi connectivity index (χ3v) is 3.33. The van der Waals surface area contributed by atoms with Gasteiger partial charge in [-0.05, 0) is 19.9 Å². The lowest BCUT2D eigenvalue weighted by Crippen LogP contribution is -2.48. The number of hydrogen-bond acceptors (Lipinski definition) is 4. The first-order valence-corrected chi connectivity index (χ1v) is 6.30. The molecule has 0 aliphatic carbocycles. The lowest BCUT2D eigenvalue weighted by atomic mass is 10.0. The molecule has 2 N–H and O–H groups in total. The van der Waals surface area contributed by atoms with E-state index in [9.17, 15) is 4.79 Å². The molecule has 1 aliphatic rings. The molecule has 0 aromatic heterocycles. The van der Waals surface area contributed by atoms with E-state index in [0.29, 0.717) is 13.2 Å². The number of nitrogens with zero attached hydrogens (tertiary/aromatic N) is 1. The molecule has 0 bridgehead atoms. The largest absolute Gasteiger partial charge is 0.394 e. The van der Waals surface area contributed by atoms with E-state index in [1.807, 2.05) is 6.92 Å². The summed E-state index contributed by atoms with van der Waals surface area (Å²) in [6.45, 7) is 5.89. The van der Waals surface area contributed by atoms with E-state index in [1.165, 1.54) is 0 Å². The molecule has 1 amide bonds. The van der Waals surface area contributed by atoms with Crippen LogP contribution in [-0.4, -0.2) is 61.4 Å². The summed E-state index contributed by atoms with van der Waals surface area (Å²) in [5, 5.41) is 12.4. The molecule has 0 spiro atoms. The normalized spacial score (nSPS) is 25.9. The van der Waals surface area contributed by atoms with E-state index in [0.717, 1.165) is 13.0 Å². The van der Waals surface area contributed by atoms with E-state index in [4.69, 9.17) is 9.84 Å². The van der Waals surface area contributed by atoms with Crippen LogP contribution in [0.1, 0.15) is 20.3 Å². The molecular formula is C12H24N2O3. The second kappa shape index (κ2) is 6.93. The second-order valence-corrected chi connectivity index (χ2v) is 4.69. The monoisotopic (exact) mass is 244 g/mol. The van der Waals surface area contributed by atoms with Crippen LogP contribution in [0, 0.1) is 5.92 Å². The standard InChI is InChI=1S/C12H24N2O3/c1-4-5-13-11-8-17-7-10(11)12(16)14(3)9(2)6-15/h9-11,13,15H,4-8H2,1-3H3. The molecule has 0 saturated carbocycles. The first-order chi connectivity index (χ1) is 8.11. The van der Waals surface area contributed by atoms with E-state index in [1.54, 1.807) is 11.9 Å². The van der Waals surface area contributed by atoms with Crippen molar-refractivity contribution in [3.8, 4) is 0 Å². The average molecular weight is 244 g/mol. The molecule has 1 saturated heterocycles. The Morgan fingerprint density at radius 1 is 1.59 bits per heavy atom. The number of carbonyl (C=O) groups excluding carboxylic acids is 1. The Hall–Kier alpha value is -0.650. The van der Waals surface area contributed by atoms with Crippen LogP contribution in [0.4, 0.5) is 0 Å². The zero-order valence-corrected chi connectivity index (χ0v) is 11.0. The lowest BCUT2D eigenvalue weighted by Gasteiger charge is -2.28. The van der Waals surface area contributed by atoms with Gasteiger partial charge in [-0.1, -0.05) is 6.92 Å². The highest BCUT2D eigenvalue weighted by Gasteiger charge is 2.36. The van der Waals surface area contributed by atoms with Crippen molar-refractivity contribution < 1.29 is 14.6 Å². The highest BCUT2D eigenvalue weighted by Crippen LogP contribution is 2.17. The fourth-order valence-corrected chi connectivity index (χ4v) is 1.93. The van der Waals surface area contributed by atoms with Gasteiger partial charge in [0.2, 0.25) is 5.91 Å². The second-order valence-electron chi connectivity index (χ2n) is 4.69. The summed E-state index contributed by atoms with van der Waals surface area (Å²) in [5.74, 6) is -0.0711. The third-order valence-electron chi connectivity index (χ3n) is 3.33. The van der Waals surface area contributed by atoms with Crippen LogP contribution in [-0.2, 0) is 9.53 Å². The molecule has 3 unspecified atom stereocenters. The van der Waals surface area contributed by atoms with Gasteiger partial charge in [-0.3, -0.25) is 4.79 Å². The minimum atomic E-state index is -0.144. The number of amides is 1. The fraction of sp³-hybridized carbons (Fsp3) is 0.917. The molecule has 1 heterocycles. The average Bonchev–Trinajstić information content (AvgIpc) is 2.81. The molecule has 1 fully saturated rings. The minimum Gasteiger partial charge on any atom is -0.394 e. The number of aliphatic hydroxyl groups excluding tert-OH is 1. The van der Waals surface area contributed by atoms with Crippen molar-refractivity contribution in [3.05, 3.63) is 0 Å². The van der Waals surface area contributed by atoms with Gasteiger partial charge in [0.25, 0.3) is 0 Å². The topological polar surface area (TPSA) is 61.8 Å². The molecule has 3 atom stereocenters. The number of hydrogen-bond donors (Lipinski definition) is 2. The summed E-state index contributed by atoms with van der Waals surface area (Å²) in [6.07, 6.45) is 1.04. The summed E-state index contributed by atoms with van der Waals surface area (Å²) >= 11 is 0. The smallest absolute Gasteiger partial charge is 0.229 e. The van der Waals surface area contributed by atoms with Crippen LogP contribution in [0.15, 0.2) is 0 Å². The van der Waals surface area contributed by atoms with Crippen molar-refractivity contribution in [2.45, 2.75) is 32.4 Å². The molecule has 0 aromatic carbocycles. The Morgan fingerprint density at radius 3 is 2.88 bits per heavy atom. The van der Waals surface area contributed by atoms with Gasteiger partial charge < -0.3 is 20.1 Å². The minimum absolute atomic E-state index is 0.0110. The first kappa shape index (κ1) is 14.4. The maximum absolute atomic E-state index is 12.2. The predicted octanol–water partition coefficient (Wildman–Crippen LogP) is -0.160. The van der Waals surface area contributed by atoms with Crippen LogP contribution in [0.25, 0.3) is 0 Å². The van der Waals surface area contributed by atoms with Crippen molar-refractivity contribution in [2.24, 2.45) is 5.92 Å². The maximum Gasteiger partial charge on any atom is 0.229 e. The lowest BCUT2D eigenvalue weighted by molar-refractivity contribution is -0.137. The molecule has 100 valence electrons. The molecule has 1 aliphatic heterocycles. The van der Waals surface area contributed by atoms with E-state index < -0.39 is 0 Å². The zero-order chi connectivity index (χ0) is 12.8. The molecule has 5 heteroatoms. The number of nitrogens with one attached hydrogen (secondary N) is 1. The first-order valence-electron chi connectivity index (χ1n) is 6.30. The summed E-state index contributed by atoms with van der Waals surface area (Å²) in [4.78, 5) is 13.8. The Morgan fingerprint density at radius 2 is 2.29 bits per heavy atom. The Bertz CT molecular complexity index is 248. The summed E-state index contributed by atoms with van der Waals surface area (Å²) in [5.41, 5.74) is 0. The third kappa shape index (κ3) is 3.66. The highest BCUT2D eigenvalue weighted by atomic mass is 16.5. The number of aliphatic hydroxyl groups is 1. The van der Waals surface area contributed by atoms with Crippen molar-refractivity contribution in [2.75, 3.05) is 33.4 Å². The summed E-state index contributed by atoms with van der Waals surface area (Å²) in [6, 6.07) is -0.0364. The SMILES string of the molecule is CCCNC1COCC1C(=O)N(C)C(C)CO. The number of rotatable bonds is 6. The number of carbonyl (C=O) groups is 1.